The molecule has 2 rings (SSSR count). The van der Waals surface area contributed by atoms with E-state index in [0.717, 1.165) is 18.4 Å². The van der Waals surface area contributed by atoms with Crippen molar-refractivity contribution in [3.63, 3.8) is 0 Å². The largest absolute Gasteiger partial charge is 0.349 e. The normalized spacial score (nSPS) is 17.6. The quantitative estimate of drug-likeness (QED) is 0.885. The number of amides is 1. The molecular weight excluding hydrogens is 231 g/mol. The summed E-state index contributed by atoms with van der Waals surface area (Å²) in [4.78, 5) is 13.0. The summed E-state index contributed by atoms with van der Waals surface area (Å²) in [5.41, 5.74) is 2.26. The number of nitrogens with one attached hydrogen (secondary N) is 1. The Morgan fingerprint density at radius 1 is 1.50 bits per heavy atom. The smallest absolute Gasteiger partial charge is 0.223 e. The Morgan fingerprint density at radius 2 is 2.28 bits per heavy atom. The van der Waals surface area contributed by atoms with E-state index in [0.29, 0.717) is 13.0 Å². The molecule has 0 fully saturated rings. The highest BCUT2D eigenvalue weighted by molar-refractivity contribution is 5.75. The molecule has 4 heteroatoms. The van der Waals surface area contributed by atoms with Crippen LogP contribution in [0.3, 0.4) is 0 Å². The number of fused-ring (bicyclic) bond motifs is 1. The summed E-state index contributed by atoms with van der Waals surface area (Å²) in [6, 6.07) is 5.23. The molecule has 1 N–H and O–H groups in total. The Bertz CT molecular complexity index is 445. The van der Waals surface area contributed by atoms with Gasteiger partial charge in [0.2, 0.25) is 5.91 Å². The first-order chi connectivity index (χ1) is 8.58. The van der Waals surface area contributed by atoms with Gasteiger partial charge in [0.25, 0.3) is 0 Å². The van der Waals surface area contributed by atoms with Gasteiger partial charge in [-0.15, -0.1) is 0 Å². The van der Waals surface area contributed by atoms with Crippen molar-refractivity contribution in [2.45, 2.75) is 25.3 Å². The minimum absolute atomic E-state index is 0.125. The third-order valence-electron chi connectivity index (χ3n) is 3.41. The summed E-state index contributed by atoms with van der Waals surface area (Å²) in [6.07, 6.45) is 2.39. The van der Waals surface area contributed by atoms with Crippen molar-refractivity contribution in [2.75, 3.05) is 20.6 Å². The lowest BCUT2D eigenvalue weighted by Crippen LogP contribution is -2.28. The van der Waals surface area contributed by atoms with Crippen molar-refractivity contribution < 1.29 is 9.18 Å². The van der Waals surface area contributed by atoms with Crippen LogP contribution < -0.4 is 5.32 Å². The highest BCUT2D eigenvalue weighted by Gasteiger charge is 2.22. The fourth-order valence-electron chi connectivity index (χ4n) is 2.38. The summed E-state index contributed by atoms with van der Waals surface area (Å²) in [6.45, 7) is 0.665. The van der Waals surface area contributed by atoms with Crippen molar-refractivity contribution in [1.82, 2.24) is 10.2 Å². The zero-order valence-corrected chi connectivity index (χ0v) is 10.9. The van der Waals surface area contributed by atoms with E-state index in [2.05, 4.69) is 5.32 Å². The molecular formula is C14H19FN2O. The average Bonchev–Trinajstić information content (AvgIpc) is 2.71. The van der Waals surface area contributed by atoms with E-state index in [4.69, 9.17) is 0 Å². The molecule has 18 heavy (non-hydrogen) atoms. The zero-order chi connectivity index (χ0) is 13.1. The number of aryl methyl sites for hydroxylation is 1. The van der Waals surface area contributed by atoms with E-state index >= 15 is 0 Å². The van der Waals surface area contributed by atoms with E-state index < -0.39 is 0 Å². The number of rotatable bonds is 4. The minimum Gasteiger partial charge on any atom is -0.349 e. The van der Waals surface area contributed by atoms with E-state index in [9.17, 15) is 9.18 Å². The summed E-state index contributed by atoms with van der Waals surface area (Å²) in [5, 5.41) is 3.37. The van der Waals surface area contributed by atoms with Crippen LogP contribution in [0.2, 0.25) is 0 Å². The van der Waals surface area contributed by atoms with Gasteiger partial charge in [-0.2, -0.15) is 0 Å². The Balaban J connectivity index is 1.88. The second-order valence-corrected chi connectivity index (χ2v) is 4.93. The fourth-order valence-corrected chi connectivity index (χ4v) is 2.38. The SMILES string of the molecule is CN(C)C(=O)CCNC1CCc2cc(F)ccc21. The first kappa shape index (κ1) is 13.0. The van der Waals surface area contributed by atoms with Gasteiger partial charge in [0.05, 0.1) is 0 Å². The highest BCUT2D eigenvalue weighted by Crippen LogP contribution is 2.31. The van der Waals surface area contributed by atoms with Crippen LogP contribution in [0.4, 0.5) is 4.39 Å². The van der Waals surface area contributed by atoms with E-state index in [1.165, 1.54) is 11.6 Å². The van der Waals surface area contributed by atoms with Crippen LogP contribution >= 0.6 is 0 Å². The molecule has 1 aliphatic rings. The first-order valence-corrected chi connectivity index (χ1v) is 6.30. The summed E-state index contributed by atoms with van der Waals surface area (Å²) >= 11 is 0. The van der Waals surface area contributed by atoms with Crippen LogP contribution in [0.1, 0.15) is 30.0 Å². The molecule has 0 aromatic heterocycles. The van der Waals surface area contributed by atoms with Crippen molar-refractivity contribution >= 4 is 5.91 Å². The first-order valence-electron chi connectivity index (χ1n) is 6.30. The zero-order valence-electron chi connectivity index (χ0n) is 10.9. The van der Waals surface area contributed by atoms with Gasteiger partial charge in [-0.3, -0.25) is 4.79 Å². The number of carbonyl (C=O) groups excluding carboxylic acids is 1. The molecule has 1 aliphatic carbocycles. The van der Waals surface area contributed by atoms with Crippen LogP contribution in [-0.4, -0.2) is 31.4 Å². The van der Waals surface area contributed by atoms with Gasteiger partial charge in [0.1, 0.15) is 5.82 Å². The van der Waals surface area contributed by atoms with Gasteiger partial charge in [-0.1, -0.05) is 6.07 Å². The maximum absolute atomic E-state index is 13.1. The fraction of sp³-hybridized carbons (Fsp3) is 0.500. The molecule has 0 heterocycles. The topological polar surface area (TPSA) is 32.3 Å². The molecule has 0 spiro atoms. The molecule has 1 aromatic carbocycles. The lowest BCUT2D eigenvalue weighted by Gasteiger charge is -2.15. The Hall–Kier alpha value is -1.42. The standard InChI is InChI=1S/C14H19FN2O/c1-17(2)14(18)7-8-16-13-6-3-10-9-11(15)4-5-12(10)13/h4-5,9,13,16H,3,6-8H2,1-2H3. The minimum atomic E-state index is -0.169. The third-order valence-corrected chi connectivity index (χ3v) is 3.41. The van der Waals surface area contributed by atoms with Crippen molar-refractivity contribution in [1.29, 1.82) is 0 Å². The number of nitrogens with zero attached hydrogens (tertiary/aromatic N) is 1. The number of hydrogen-bond donors (Lipinski definition) is 1. The molecule has 0 aliphatic heterocycles. The molecule has 1 amide bonds. The Labute approximate surface area is 107 Å². The van der Waals surface area contributed by atoms with Gasteiger partial charge in [-0.05, 0) is 36.1 Å². The van der Waals surface area contributed by atoms with Crippen LogP contribution in [0.5, 0.6) is 0 Å². The number of benzene rings is 1. The number of hydrogen-bond acceptors (Lipinski definition) is 2. The van der Waals surface area contributed by atoms with Crippen LogP contribution in [-0.2, 0) is 11.2 Å². The van der Waals surface area contributed by atoms with Gasteiger partial charge < -0.3 is 10.2 Å². The lowest BCUT2D eigenvalue weighted by atomic mass is 10.1. The Morgan fingerprint density at radius 3 is 3.00 bits per heavy atom. The molecule has 98 valence electrons. The Kier molecular flexibility index (Phi) is 3.97. The molecule has 0 saturated heterocycles. The van der Waals surface area contributed by atoms with Gasteiger partial charge in [0.15, 0.2) is 0 Å². The highest BCUT2D eigenvalue weighted by atomic mass is 19.1. The summed E-state index contributed by atoms with van der Waals surface area (Å²) < 4.78 is 13.1. The van der Waals surface area contributed by atoms with Crippen LogP contribution in [0.15, 0.2) is 18.2 Å². The van der Waals surface area contributed by atoms with Crippen molar-refractivity contribution in [2.24, 2.45) is 0 Å². The summed E-state index contributed by atoms with van der Waals surface area (Å²) in [7, 11) is 3.52. The molecule has 1 unspecified atom stereocenters. The van der Waals surface area contributed by atoms with Gasteiger partial charge in [-0.25, -0.2) is 4.39 Å². The lowest BCUT2D eigenvalue weighted by molar-refractivity contribution is -0.128. The van der Waals surface area contributed by atoms with Crippen LogP contribution in [0, 0.1) is 5.82 Å². The third kappa shape index (κ3) is 2.88. The maximum atomic E-state index is 13.1. The molecule has 0 saturated carbocycles. The second kappa shape index (κ2) is 5.48. The predicted octanol–water partition coefficient (Wildman–Crippen LogP) is 1.88. The van der Waals surface area contributed by atoms with Gasteiger partial charge >= 0.3 is 0 Å². The molecule has 3 nitrogen and oxygen atoms in total. The van der Waals surface area contributed by atoms with Gasteiger partial charge in [0, 0.05) is 33.1 Å². The number of carbonyl (C=O) groups is 1. The molecule has 0 bridgehead atoms. The van der Waals surface area contributed by atoms with E-state index in [1.807, 2.05) is 6.07 Å². The predicted molar refractivity (Wildman–Crippen MR) is 68.8 cm³/mol. The van der Waals surface area contributed by atoms with Crippen molar-refractivity contribution in [3.05, 3.63) is 35.1 Å². The molecule has 1 aromatic rings. The molecule has 0 radical (unpaired) electrons. The average molecular weight is 250 g/mol. The summed E-state index contributed by atoms with van der Waals surface area (Å²) in [5.74, 6) is -0.0444. The number of halogens is 1. The monoisotopic (exact) mass is 250 g/mol. The maximum Gasteiger partial charge on any atom is 0.223 e. The molecule has 1 atom stereocenters. The van der Waals surface area contributed by atoms with Crippen molar-refractivity contribution in [3.8, 4) is 0 Å². The van der Waals surface area contributed by atoms with E-state index in [1.54, 1.807) is 25.1 Å². The van der Waals surface area contributed by atoms with E-state index in [-0.39, 0.29) is 17.8 Å². The van der Waals surface area contributed by atoms with Crippen LogP contribution in [0.25, 0.3) is 0 Å². The second-order valence-electron chi connectivity index (χ2n) is 4.93.